The summed E-state index contributed by atoms with van der Waals surface area (Å²) in [5.74, 6) is 0. The number of hydrogen-bond donors (Lipinski definition) is 1. The van der Waals surface area contributed by atoms with Crippen LogP contribution in [-0.4, -0.2) is 16.3 Å². The summed E-state index contributed by atoms with van der Waals surface area (Å²) in [4.78, 5) is 0. The van der Waals surface area contributed by atoms with Crippen molar-refractivity contribution < 1.29 is 0 Å². The van der Waals surface area contributed by atoms with E-state index in [4.69, 9.17) is 17.3 Å². The van der Waals surface area contributed by atoms with Crippen LogP contribution in [0.4, 0.5) is 0 Å². The third-order valence-corrected chi connectivity index (χ3v) is 3.77. The minimum Gasteiger partial charge on any atom is -0.330 e. The molecule has 0 spiro atoms. The van der Waals surface area contributed by atoms with E-state index in [0.717, 1.165) is 40.5 Å². The quantitative estimate of drug-likeness (QED) is 0.933. The zero-order valence-electron chi connectivity index (χ0n) is 11.7. The van der Waals surface area contributed by atoms with E-state index in [1.54, 1.807) is 0 Å². The topological polar surface area (TPSA) is 43.8 Å². The van der Waals surface area contributed by atoms with E-state index >= 15 is 0 Å². The van der Waals surface area contributed by atoms with Crippen LogP contribution in [0.5, 0.6) is 0 Å². The Labute approximate surface area is 119 Å². The molecule has 0 radical (unpaired) electrons. The molecular formula is C15H20ClN3. The zero-order chi connectivity index (χ0) is 14.0. The number of aromatic nitrogens is 2. The summed E-state index contributed by atoms with van der Waals surface area (Å²) in [5, 5.41) is 5.32. The average Bonchev–Trinajstić information content (AvgIpc) is 2.65. The predicted octanol–water partition coefficient (Wildman–Crippen LogP) is 3.21. The smallest absolute Gasteiger partial charge is 0.0835 e. The van der Waals surface area contributed by atoms with Gasteiger partial charge in [-0.3, -0.25) is 0 Å². The van der Waals surface area contributed by atoms with Crippen LogP contribution in [-0.2, 0) is 12.8 Å². The molecule has 0 saturated heterocycles. The fraction of sp³-hybridized carbons (Fsp3) is 0.400. The molecule has 0 amide bonds. The standard InChI is InChI=1S/C15H20ClN3/c1-4-13-10(2)18-19(11(13)3)15-6-5-12(7-8-17)9-14(15)16/h5-6,9H,4,7-8,17H2,1-3H3. The number of hydrogen-bond acceptors (Lipinski definition) is 2. The predicted molar refractivity (Wildman–Crippen MR) is 80.2 cm³/mol. The van der Waals surface area contributed by atoms with Gasteiger partial charge in [-0.1, -0.05) is 24.6 Å². The number of benzene rings is 1. The van der Waals surface area contributed by atoms with E-state index < -0.39 is 0 Å². The summed E-state index contributed by atoms with van der Waals surface area (Å²) >= 11 is 6.37. The highest BCUT2D eigenvalue weighted by atomic mass is 35.5. The minimum absolute atomic E-state index is 0.634. The van der Waals surface area contributed by atoms with Gasteiger partial charge in [-0.2, -0.15) is 5.10 Å². The molecule has 102 valence electrons. The van der Waals surface area contributed by atoms with Gasteiger partial charge in [-0.05, 0) is 56.5 Å². The molecule has 0 aliphatic carbocycles. The fourth-order valence-electron chi connectivity index (χ4n) is 2.47. The molecule has 0 bridgehead atoms. The van der Waals surface area contributed by atoms with Gasteiger partial charge < -0.3 is 5.73 Å². The van der Waals surface area contributed by atoms with Gasteiger partial charge in [0.2, 0.25) is 0 Å². The summed E-state index contributed by atoms with van der Waals surface area (Å²) in [5.41, 5.74) is 11.2. The first-order chi connectivity index (χ1) is 9.08. The maximum absolute atomic E-state index is 6.37. The van der Waals surface area contributed by atoms with Gasteiger partial charge in [-0.15, -0.1) is 0 Å². The van der Waals surface area contributed by atoms with E-state index in [1.807, 2.05) is 23.7 Å². The van der Waals surface area contributed by atoms with Gasteiger partial charge in [0.05, 0.1) is 16.4 Å². The lowest BCUT2D eigenvalue weighted by Gasteiger charge is -2.09. The SMILES string of the molecule is CCc1c(C)nn(-c2ccc(CCN)cc2Cl)c1C. The van der Waals surface area contributed by atoms with Crippen molar-refractivity contribution in [3.05, 3.63) is 45.7 Å². The van der Waals surface area contributed by atoms with Crippen LogP contribution in [0.2, 0.25) is 5.02 Å². The van der Waals surface area contributed by atoms with Crippen LogP contribution in [0.1, 0.15) is 29.4 Å². The molecule has 2 aromatic rings. The van der Waals surface area contributed by atoms with Crippen molar-refractivity contribution in [3.63, 3.8) is 0 Å². The van der Waals surface area contributed by atoms with Crippen LogP contribution in [0.15, 0.2) is 18.2 Å². The number of halogens is 1. The van der Waals surface area contributed by atoms with E-state index in [9.17, 15) is 0 Å². The monoisotopic (exact) mass is 277 g/mol. The second kappa shape index (κ2) is 5.76. The second-order valence-electron chi connectivity index (χ2n) is 4.74. The molecule has 1 aromatic carbocycles. The van der Waals surface area contributed by atoms with Crippen molar-refractivity contribution in [2.75, 3.05) is 6.54 Å². The van der Waals surface area contributed by atoms with Gasteiger partial charge in [0.1, 0.15) is 0 Å². The summed E-state index contributed by atoms with van der Waals surface area (Å²) in [7, 11) is 0. The molecule has 0 fully saturated rings. The first kappa shape index (κ1) is 14.1. The first-order valence-electron chi connectivity index (χ1n) is 6.62. The van der Waals surface area contributed by atoms with E-state index in [1.165, 1.54) is 5.56 Å². The van der Waals surface area contributed by atoms with Crippen molar-refractivity contribution >= 4 is 11.6 Å². The Bertz CT molecular complexity index is 587. The largest absolute Gasteiger partial charge is 0.330 e. The Balaban J connectivity index is 2.47. The second-order valence-corrected chi connectivity index (χ2v) is 5.15. The molecule has 19 heavy (non-hydrogen) atoms. The lowest BCUT2D eigenvalue weighted by atomic mass is 10.1. The summed E-state index contributed by atoms with van der Waals surface area (Å²) in [6.07, 6.45) is 1.83. The molecule has 1 heterocycles. The third kappa shape index (κ3) is 2.67. The van der Waals surface area contributed by atoms with Crippen molar-refractivity contribution in [3.8, 4) is 5.69 Å². The van der Waals surface area contributed by atoms with E-state index in [-0.39, 0.29) is 0 Å². The Hall–Kier alpha value is -1.32. The van der Waals surface area contributed by atoms with Crippen LogP contribution < -0.4 is 5.73 Å². The molecule has 3 nitrogen and oxygen atoms in total. The van der Waals surface area contributed by atoms with Crippen LogP contribution >= 0.6 is 11.6 Å². The van der Waals surface area contributed by atoms with Crippen LogP contribution in [0.3, 0.4) is 0 Å². The normalized spacial score (nSPS) is 11.0. The lowest BCUT2D eigenvalue weighted by molar-refractivity contribution is 0.831. The highest BCUT2D eigenvalue weighted by Gasteiger charge is 2.13. The van der Waals surface area contributed by atoms with Gasteiger partial charge in [-0.25, -0.2) is 4.68 Å². The molecule has 0 aliphatic rings. The summed E-state index contributed by atoms with van der Waals surface area (Å²) in [6.45, 7) is 6.91. The third-order valence-electron chi connectivity index (χ3n) is 3.47. The van der Waals surface area contributed by atoms with Crippen LogP contribution in [0, 0.1) is 13.8 Å². The van der Waals surface area contributed by atoms with Crippen LogP contribution in [0.25, 0.3) is 5.69 Å². The van der Waals surface area contributed by atoms with Crippen molar-refractivity contribution in [2.24, 2.45) is 5.73 Å². The van der Waals surface area contributed by atoms with Gasteiger partial charge in [0, 0.05) is 5.69 Å². The lowest BCUT2D eigenvalue weighted by Crippen LogP contribution is -2.04. The van der Waals surface area contributed by atoms with Crippen molar-refractivity contribution in [2.45, 2.75) is 33.6 Å². The minimum atomic E-state index is 0.634. The van der Waals surface area contributed by atoms with E-state index in [2.05, 4.69) is 25.0 Å². The highest BCUT2D eigenvalue weighted by molar-refractivity contribution is 6.32. The molecule has 0 unspecified atom stereocenters. The number of nitrogens with two attached hydrogens (primary N) is 1. The van der Waals surface area contributed by atoms with Gasteiger partial charge in [0.15, 0.2) is 0 Å². The molecule has 2 N–H and O–H groups in total. The average molecular weight is 278 g/mol. The van der Waals surface area contributed by atoms with Crippen molar-refractivity contribution in [1.29, 1.82) is 0 Å². The zero-order valence-corrected chi connectivity index (χ0v) is 12.5. The number of nitrogens with zero attached hydrogens (tertiary/aromatic N) is 2. The maximum atomic E-state index is 6.37. The number of aryl methyl sites for hydroxylation is 1. The Morgan fingerprint density at radius 2 is 2.05 bits per heavy atom. The van der Waals surface area contributed by atoms with Crippen molar-refractivity contribution in [1.82, 2.24) is 9.78 Å². The Morgan fingerprint density at radius 3 is 2.58 bits per heavy atom. The molecule has 0 atom stereocenters. The summed E-state index contributed by atoms with van der Waals surface area (Å²) < 4.78 is 1.93. The highest BCUT2D eigenvalue weighted by Crippen LogP contribution is 2.25. The number of rotatable bonds is 4. The summed E-state index contributed by atoms with van der Waals surface area (Å²) in [6, 6.07) is 6.06. The molecule has 4 heteroatoms. The molecule has 2 rings (SSSR count). The van der Waals surface area contributed by atoms with E-state index in [0.29, 0.717) is 6.54 Å². The molecular weight excluding hydrogens is 258 g/mol. The van der Waals surface area contributed by atoms with Gasteiger partial charge >= 0.3 is 0 Å². The Morgan fingerprint density at radius 1 is 1.32 bits per heavy atom. The molecule has 0 saturated carbocycles. The fourth-order valence-corrected chi connectivity index (χ4v) is 2.75. The molecule has 1 aromatic heterocycles. The first-order valence-corrected chi connectivity index (χ1v) is 7.00. The maximum Gasteiger partial charge on any atom is 0.0835 e. The van der Waals surface area contributed by atoms with Gasteiger partial charge in [0.25, 0.3) is 0 Å². The molecule has 0 aliphatic heterocycles. The Kier molecular flexibility index (Phi) is 4.27.